The molecule has 6 nitrogen and oxygen atoms in total. The van der Waals surface area contributed by atoms with Crippen molar-refractivity contribution in [3.8, 4) is 0 Å². The van der Waals surface area contributed by atoms with Gasteiger partial charge in [0.2, 0.25) is 0 Å². The lowest BCUT2D eigenvalue weighted by Gasteiger charge is -2.03. The minimum atomic E-state index is -3.56. The summed E-state index contributed by atoms with van der Waals surface area (Å²) in [5.41, 5.74) is 5.46. The van der Waals surface area contributed by atoms with Gasteiger partial charge in [-0.15, -0.1) is 0 Å². The van der Waals surface area contributed by atoms with Crippen LogP contribution in [0.15, 0.2) is 40.4 Å². The van der Waals surface area contributed by atoms with Gasteiger partial charge >= 0.3 is 5.97 Å². The Balaban J connectivity index is 1.99. The highest BCUT2D eigenvalue weighted by Crippen LogP contribution is 2.30. The molecule has 0 atom stereocenters. The van der Waals surface area contributed by atoms with Crippen LogP contribution in [0.4, 0.5) is 0 Å². The number of nitrogens with zero attached hydrogens (tertiary/aromatic N) is 1. The van der Waals surface area contributed by atoms with Crippen molar-refractivity contribution < 1.29 is 18.0 Å². The van der Waals surface area contributed by atoms with Gasteiger partial charge in [0.15, 0.2) is 15.7 Å². The highest BCUT2D eigenvalue weighted by Gasteiger charge is 2.31. The Bertz CT molecular complexity index is 591. The Kier molecular flexibility index (Phi) is 3.84. The van der Waals surface area contributed by atoms with Gasteiger partial charge < -0.3 is 10.6 Å². The Labute approximate surface area is 111 Å². The first-order valence-corrected chi connectivity index (χ1v) is 7.45. The highest BCUT2D eigenvalue weighted by atomic mass is 32.2. The predicted octanol–water partition coefficient (Wildman–Crippen LogP) is 0.686. The number of sulfone groups is 1. The lowest BCUT2D eigenvalue weighted by atomic mass is 10.4. The number of benzene rings is 1. The van der Waals surface area contributed by atoms with Crippen LogP contribution in [0, 0.1) is 5.92 Å². The first-order chi connectivity index (χ1) is 8.99. The second-order valence-corrected chi connectivity index (χ2v) is 6.33. The first-order valence-electron chi connectivity index (χ1n) is 5.80. The van der Waals surface area contributed by atoms with Gasteiger partial charge in [-0.3, -0.25) is 0 Å². The Morgan fingerprint density at radius 1 is 1.32 bits per heavy atom. The molecular formula is C12H14N2O4S. The standard InChI is InChI=1S/C12H14N2O4S/c13-11(14-18-12(15)9-6-7-9)8-19(16,17)10-4-2-1-3-5-10/h1-5,9H,6-8H2,(H2,13,14). The maximum Gasteiger partial charge on any atom is 0.338 e. The van der Waals surface area contributed by atoms with Gasteiger partial charge in [0.25, 0.3) is 0 Å². The van der Waals surface area contributed by atoms with Crippen LogP contribution >= 0.6 is 0 Å². The maximum absolute atomic E-state index is 11.9. The molecular weight excluding hydrogens is 268 g/mol. The normalized spacial score (nSPS) is 16.1. The van der Waals surface area contributed by atoms with Gasteiger partial charge in [-0.2, -0.15) is 0 Å². The summed E-state index contributed by atoms with van der Waals surface area (Å²) in [6.07, 6.45) is 1.58. The van der Waals surface area contributed by atoms with Gasteiger partial charge in [-0.25, -0.2) is 13.2 Å². The molecule has 0 saturated heterocycles. The smallest absolute Gasteiger partial charge is 0.338 e. The summed E-state index contributed by atoms with van der Waals surface area (Å²) in [6.45, 7) is 0. The fraction of sp³-hybridized carbons (Fsp3) is 0.333. The fourth-order valence-corrected chi connectivity index (χ4v) is 2.61. The molecule has 0 heterocycles. The number of hydrogen-bond donors (Lipinski definition) is 1. The van der Waals surface area contributed by atoms with Crippen LogP contribution in [0.2, 0.25) is 0 Å². The van der Waals surface area contributed by atoms with E-state index in [2.05, 4.69) is 9.99 Å². The van der Waals surface area contributed by atoms with Crippen LogP contribution in [-0.4, -0.2) is 26.0 Å². The summed E-state index contributed by atoms with van der Waals surface area (Å²) in [6, 6.07) is 7.90. The molecule has 1 aromatic rings. The first kappa shape index (κ1) is 13.5. The largest absolute Gasteiger partial charge is 0.384 e. The van der Waals surface area contributed by atoms with E-state index in [0.29, 0.717) is 0 Å². The second-order valence-electron chi connectivity index (χ2n) is 4.34. The second kappa shape index (κ2) is 5.40. The monoisotopic (exact) mass is 282 g/mol. The molecule has 1 aromatic carbocycles. The molecule has 2 rings (SSSR count). The van der Waals surface area contributed by atoms with Gasteiger partial charge in [0, 0.05) is 0 Å². The number of oxime groups is 1. The molecule has 1 aliphatic rings. The molecule has 2 N–H and O–H groups in total. The van der Waals surface area contributed by atoms with Crippen molar-refractivity contribution in [2.45, 2.75) is 17.7 Å². The molecule has 7 heteroatoms. The lowest BCUT2D eigenvalue weighted by Crippen LogP contribution is -2.24. The van der Waals surface area contributed by atoms with Crippen molar-refractivity contribution in [1.82, 2.24) is 0 Å². The van der Waals surface area contributed by atoms with Crippen LogP contribution in [0.25, 0.3) is 0 Å². The van der Waals surface area contributed by atoms with Crippen LogP contribution in [0.5, 0.6) is 0 Å². The zero-order valence-corrected chi connectivity index (χ0v) is 11.0. The van der Waals surface area contributed by atoms with E-state index in [1.807, 2.05) is 0 Å². The number of hydrogen-bond acceptors (Lipinski definition) is 5. The molecule has 102 valence electrons. The van der Waals surface area contributed by atoms with Gasteiger partial charge in [-0.05, 0) is 25.0 Å². The SMILES string of the molecule is N/C(CS(=O)(=O)c1ccccc1)=N/OC(=O)C1CC1. The lowest BCUT2D eigenvalue weighted by molar-refractivity contribution is -0.145. The molecule has 0 unspecified atom stereocenters. The number of carbonyl (C=O) groups excluding carboxylic acids is 1. The third-order valence-corrected chi connectivity index (χ3v) is 4.27. The molecule has 1 aliphatic carbocycles. The molecule has 0 radical (unpaired) electrons. The number of rotatable bonds is 5. The fourth-order valence-electron chi connectivity index (χ4n) is 1.43. The van der Waals surface area contributed by atoms with Crippen molar-refractivity contribution in [3.05, 3.63) is 30.3 Å². The van der Waals surface area contributed by atoms with Crippen LogP contribution < -0.4 is 5.73 Å². The average molecular weight is 282 g/mol. The van der Waals surface area contributed by atoms with E-state index in [4.69, 9.17) is 5.73 Å². The Morgan fingerprint density at radius 2 is 1.95 bits per heavy atom. The Morgan fingerprint density at radius 3 is 2.53 bits per heavy atom. The van der Waals surface area contributed by atoms with Crippen molar-refractivity contribution >= 4 is 21.6 Å². The van der Waals surface area contributed by atoms with Crippen molar-refractivity contribution in [2.24, 2.45) is 16.8 Å². The zero-order chi connectivity index (χ0) is 13.9. The number of carbonyl (C=O) groups is 1. The molecule has 0 amide bonds. The molecule has 0 aliphatic heterocycles. The van der Waals surface area contributed by atoms with Crippen molar-refractivity contribution in [2.75, 3.05) is 5.75 Å². The number of amidine groups is 1. The molecule has 0 spiro atoms. The van der Waals surface area contributed by atoms with E-state index < -0.39 is 21.6 Å². The van der Waals surface area contributed by atoms with E-state index in [1.165, 1.54) is 12.1 Å². The average Bonchev–Trinajstić information content (AvgIpc) is 3.21. The van der Waals surface area contributed by atoms with Crippen LogP contribution in [0.1, 0.15) is 12.8 Å². The van der Waals surface area contributed by atoms with E-state index in [9.17, 15) is 13.2 Å². The van der Waals surface area contributed by atoms with Crippen LogP contribution in [0.3, 0.4) is 0 Å². The summed E-state index contributed by atoms with van der Waals surface area (Å²) in [4.78, 5) is 15.9. The van der Waals surface area contributed by atoms with Gasteiger partial charge in [0.05, 0.1) is 10.8 Å². The molecule has 0 aromatic heterocycles. The Hall–Kier alpha value is -1.89. The molecule has 1 saturated carbocycles. The van der Waals surface area contributed by atoms with Crippen LogP contribution in [-0.2, 0) is 19.5 Å². The third kappa shape index (κ3) is 3.78. The van der Waals surface area contributed by atoms with Crippen molar-refractivity contribution in [3.63, 3.8) is 0 Å². The van der Waals surface area contributed by atoms with Gasteiger partial charge in [-0.1, -0.05) is 23.4 Å². The summed E-state index contributed by atoms with van der Waals surface area (Å²) >= 11 is 0. The third-order valence-electron chi connectivity index (χ3n) is 2.60. The van der Waals surface area contributed by atoms with Crippen molar-refractivity contribution in [1.29, 1.82) is 0 Å². The molecule has 19 heavy (non-hydrogen) atoms. The highest BCUT2D eigenvalue weighted by molar-refractivity contribution is 7.92. The summed E-state index contributed by atoms with van der Waals surface area (Å²) < 4.78 is 23.9. The summed E-state index contributed by atoms with van der Waals surface area (Å²) in [5, 5.41) is 3.36. The molecule has 1 fully saturated rings. The topological polar surface area (TPSA) is 98.8 Å². The van der Waals surface area contributed by atoms with Gasteiger partial charge in [0.1, 0.15) is 5.75 Å². The zero-order valence-electron chi connectivity index (χ0n) is 10.2. The minimum Gasteiger partial charge on any atom is -0.384 e. The molecule has 0 bridgehead atoms. The number of nitrogens with two attached hydrogens (primary N) is 1. The summed E-state index contributed by atoms with van der Waals surface area (Å²) in [5.74, 6) is -1.28. The maximum atomic E-state index is 11.9. The predicted molar refractivity (Wildman–Crippen MR) is 68.9 cm³/mol. The van der Waals surface area contributed by atoms with E-state index in [1.54, 1.807) is 18.2 Å². The summed E-state index contributed by atoms with van der Waals surface area (Å²) in [7, 11) is -3.56. The van der Waals surface area contributed by atoms with E-state index >= 15 is 0 Å². The van der Waals surface area contributed by atoms with E-state index in [0.717, 1.165) is 12.8 Å². The van der Waals surface area contributed by atoms with E-state index in [-0.39, 0.29) is 16.6 Å². The minimum absolute atomic E-state index is 0.109. The quantitative estimate of drug-likeness (QED) is 0.370.